The van der Waals surface area contributed by atoms with Crippen LogP contribution >= 0.6 is 0 Å². The molecule has 0 aliphatic heterocycles. The highest BCUT2D eigenvalue weighted by Gasteiger charge is 2.18. The molecule has 7 heteroatoms. The lowest BCUT2D eigenvalue weighted by atomic mass is 9.92. The average Bonchev–Trinajstić information content (AvgIpc) is 2.88. The molecule has 0 atom stereocenters. The summed E-state index contributed by atoms with van der Waals surface area (Å²) in [5, 5.41) is 20.7. The number of methoxy groups -OCH3 is 1. The highest BCUT2D eigenvalue weighted by Crippen LogP contribution is 2.33. The molecule has 37 heavy (non-hydrogen) atoms. The Morgan fingerprint density at radius 3 is 2.54 bits per heavy atom. The first-order valence-corrected chi connectivity index (χ1v) is 12.2. The van der Waals surface area contributed by atoms with Gasteiger partial charge in [0, 0.05) is 17.1 Å². The zero-order chi connectivity index (χ0) is 26.9. The van der Waals surface area contributed by atoms with E-state index in [1.54, 1.807) is 20.1 Å². The lowest BCUT2D eigenvalue weighted by Gasteiger charge is -2.26. The van der Waals surface area contributed by atoms with E-state index in [1.807, 2.05) is 67.3 Å². The Balaban J connectivity index is 1.95. The smallest absolute Gasteiger partial charge is 0.325 e. The summed E-state index contributed by atoms with van der Waals surface area (Å²) >= 11 is 0. The van der Waals surface area contributed by atoms with Crippen molar-refractivity contribution in [2.45, 2.75) is 40.0 Å². The lowest BCUT2D eigenvalue weighted by molar-refractivity contribution is -0.136. The van der Waals surface area contributed by atoms with Crippen molar-refractivity contribution < 1.29 is 24.5 Å². The van der Waals surface area contributed by atoms with E-state index in [4.69, 9.17) is 9.84 Å². The number of hydrogen-bond donors (Lipinski definition) is 2. The van der Waals surface area contributed by atoms with E-state index >= 15 is 0 Å². The molecule has 0 saturated carbocycles. The van der Waals surface area contributed by atoms with Crippen molar-refractivity contribution >= 4 is 34.1 Å². The van der Waals surface area contributed by atoms with E-state index in [0.29, 0.717) is 5.71 Å². The van der Waals surface area contributed by atoms with Crippen LogP contribution in [0.25, 0.3) is 10.8 Å². The summed E-state index contributed by atoms with van der Waals surface area (Å²) in [4.78, 5) is 28.3. The van der Waals surface area contributed by atoms with E-state index in [0.717, 1.165) is 63.9 Å². The Kier molecular flexibility index (Phi) is 9.44. The lowest BCUT2D eigenvalue weighted by Crippen LogP contribution is -2.28. The van der Waals surface area contributed by atoms with Crippen molar-refractivity contribution in [2.24, 2.45) is 4.99 Å². The summed E-state index contributed by atoms with van der Waals surface area (Å²) in [5.74, 6) is -1.09. The van der Waals surface area contributed by atoms with Crippen LogP contribution in [0.2, 0.25) is 0 Å². The van der Waals surface area contributed by atoms with Gasteiger partial charge in [-0.05, 0) is 85.7 Å². The summed E-state index contributed by atoms with van der Waals surface area (Å²) in [7, 11) is 1.64. The molecule has 7 nitrogen and oxygen atoms in total. The third-order valence-electron chi connectivity index (χ3n) is 6.37. The summed E-state index contributed by atoms with van der Waals surface area (Å²) in [6, 6.07) is 12.1. The maximum atomic E-state index is 11.8. The quantitative estimate of drug-likeness (QED) is 0.384. The normalized spacial score (nSPS) is 16.1. The number of carboxylic acids is 2. The van der Waals surface area contributed by atoms with Crippen LogP contribution in [0, 0.1) is 6.92 Å². The maximum Gasteiger partial charge on any atom is 0.325 e. The van der Waals surface area contributed by atoms with Gasteiger partial charge in [-0.2, -0.15) is 0 Å². The highest BCUT2D eigenvalue weighted by atomic mass is 16.5. The molecule has 0 saturated heterocycles. The molecule has 2 N–H and O–H groups in total. The average molecular weight is 503 g/mol. The monoisotopic (exact) mass is 502 g/mol. The molecule has 0 bridgehead atoms. The van der Waals surface area contributed by atoms with Gasteiger partial charge in [0.15, 0.2) is 0 Å². The second-order valence-electron chi connectivity index (χ2n) is 9.01. The second kappa shape index (κ2) is 12.7. The molecular formula is C30H34N2O5. The van der Waals surface area contributed by atoms with Gasteiger partial charge in [-0.1, -0.05) is 42.5 Å². The third-order valence-corrected chi connectivity index (χ3v) is 6.37. The van der Waals surface area contributed by atoms with Crippen LogP contribution in [-0.4, -0.2) is 48.1 Å². The van der Waals surface area contributed by atoms with E-state index < -0.39 is 11.9 Å². The summed E-state index contributed by atoms with van der Waals surface area (Å²) in [5.41, 5.74) is 5.37. The molecule has 194 valence electrons. The Labute approximate surface area is 217 Å². The predicted octanol–water partition coefficient (Wildman–Crippen LogP) is 6.06. The number of anilines is 1. The Bertz CT molecular complexity index is 1330. The number of carboxylic acid groups (broad SMARTS) is 2. The molecular weight excluding hydrogens is 468 g/mol. The van der Waals surface area contributed by atoms with Gasteiger partial charge in [-0.15, -0.1) is 0 Å². The zero-order valence-electron chi connectivity index (χ0n) is 21.8. The number of ether oxygens (including phenoxy) is 1. The fourth-order valence-corrected chi connectivity index (χ4v) is 4.50. The molecule has 0 amide bonds. The van der Waals surface area contributed by atoms with Crippen molar-refractivity contribution in [3.8, 4) is 0 Å². The molecule has 2 aromatic rings. The Morgan fingerprint density at radius 1 is 1.08 bits per heavy atom. The standard InChI is InChI=1S/C30H34N2O5/c1-20(31-18-28(33)34)12-14-24-9-7-10-25(30(24)37-4)15-13-21(2)32(19-29(35)36)27-17-16-23-8-5-6-11-26(23)22(27)3/h5-6,8,11-17H,7,9-10,18-19H2,1-4H3,(H,33,34)(H,35,36)/b14-12+,21-13+,25-15+,31-20-. The van der Waals surface area contributed by atoms with E-state index in [1.165, 1.54) is 0 Å². The number of aliphatic carboxylic acids is 2. The minimum atomic E-state index is -0.967. The molecule has 3 rings (SSSR count). The fourth-order valence-electron chi connectivity index (χ4n) is 4.50. The van der Waals surface area contributed by atoms with Crippen LogP contribution in [0.3, 0.4) is 0 Å². The zero-order valence-corrected chi connectivity index (χ0v) is 21.8. The number of allylic oxidation sites excluding steroid dienone is 7. The topological polar surface area (TPSA) is 99.4 Å². The van der Waals surface area contributed by atoms with Gasteiger partial charge < -0.3 is 19.8 Å². The van der Waals surface area contributed by atoms with Crippen molar-refractivity contribution in [1.82, 2.24) is 0 Å². The number of hydrogen-bond acceptors (Lipinski definition) is 5. The number of carbonyl (C=O) groups is 2. The van der Waals surface area contributed by atoms with Crippen LogP contribution < -0.4 is 4.90 Å². The van der Waals surface area contributed by atoms with E-state index in [-0.39, 0.29) is 13.1 Å². The molecule has 0 fully saturated rings. The second-order valence-corrected chi connectivity index (χ2v) is 9.01. The SMILES string of the molecule is COC1=C(/C=C/C(C)=N\CC(=O)O)CCC/C1=C\C=C(/C)N(CC(=O)O)c1ccc2ccccc2c1C. The van der Waals surface area contributed by atoms with Crippen LogP contribution in [0.4, 0.5) is 5.69 Å². The van der Waals surface area contributed by atoms with Crippen molar-refractivity contribution in [1.29, 1.82) is 0 Å². The van der Waals surface area contributed by atoms with Gasteiger partial charge in [-0.25, -0.2) is 0 Å². The maximum absolute atomic E-state index is 11.8. The largest absolute Gasteiger partial charge is 0.496 e. The molecule has 0 heterocycles. The molecule has 0 spiro atoms. The first-order valence-electron chi connectivity index (χ1n) is 12.2. The van der Waals surface area contributed by atoms with Gasteiger partial charge in [0.2, 0.25) is 0 Å². The van der Waals surface area contributed by atoms with Gasteiger partial charge in [0.05, 0.1) is 7.11 Å². The molecule has 1 aliphatic carbocycles. The number of rotatable bonds is 10. The highest BCUT2D eigenvalue weighted by molar-refractivity contribution is 5.94. The van der Waals surface area contributed by atoms with Crippen LogP contribution in [0.5, 0.6) is 0 Å². The van der Waals surface area contributed by atoms with Gasteiger partial charge >= 0.3 is 11.9 Å². The van der Waals surface area contributed by atoms with Crippen molar-refractivity contribution in [3.05, 3.63) is 88.9 Å². The summed E-state index contributed by atoms with van der Waals surface area (Å²) in [6.45, 7) is 5.29. The molecule has 0 unspecified atom stereocenters. The summed E-state index contributed by atoms with van der Waals surface area (Å²) in [6.07, 6.45) is 10.3. The minimum absolute atomic E-state index is 0.152. The number of nitrogens with zero attached hydrogens (tertiary/aromatic N) is 2. The third kappa shape index (κ3) is 7.19. The number of aliphatic imine (C=N–C) groups is 1. The Hall–Kier alpha value is -4.13. The Morgan fingerprint density at radius 2 is 1.84 bits per heavy atom. The van der Waals surface area contributed by atoms with Gasteiger partial charge in [0.1, 0.15) is 18.8 Å². The number of aryl methyl sites for hydroxylation is 1. The van der Waals surface area contributed by atoms with Crippen LogP contribution in [0.1, 0.15) is 38.7 Å². The first kappa shape index (κ1) is 27.5. The molecule has 2 aromatic carbocycles. The van der Waals surface area contributed by atoms with Crippen LogP contribution in [0.15, 0.2) is 88.3 Å². The molecule has 1 aliphatic rings. The van der Waals surface area contributed by atoms with Crippen LogP contribution in [-0.2, 0) is 14.3 Å². The molecule has 0 aromatic heterocycles. The summed E-state index contributed by atoms with van der Waals surface area (Å²) < 4.78 is 5.75. The van der Waals surface area contributed by atoms with E-state index in [9.17, 15) is 14.7 Å². The minimum Gasteiger partial charge on any atom is -0.496 e. The van der Waals surface area contributed by atoms with Gasteiger partial charge in [-0.3, -0.25) is 14.6 Å². The fraction of sp³-hybridized carbons (Fsp3) is 0.300. The number of benzene rings is 2. The number of fused-ring (bicyclic) bond motifs is 1. The van der Waals surface area contributed by atoms with Gasteiger partial charge in [0.25, 0.3) is 0 Å². The first-order chi connectivity index (χ1) is 17.7. The van der Waals surface area contributed by atoms with Crippen molar-refractivity contribution in [2.75, 3.05) is 25.1 Å². The molecule has 0 radical (unpaired) electrons. The van der Waals surface area contributed by atoms with Crippen molar-refractivity contribution in [3.63, 3.8) is 0 Å². The predicted molar refractivity (Wildman–Crippen MR) is 148 cm³/mol. The van der Waals surface area contributed by atoms with E-state index in [2.05, 4.69) is 11.1 Å².